The molecule has 0 saturated carbocycles. The average molecular weight is 311 g/mol. The number of hydrogen-bond donors (Lipinski definition) is 1. The first-order valence-electron chi connectivity index (χ1n) is 7.82. The van der Waals surface area contributed by atoms with Gasteiger partial charge >= 0.3 is 11.9 Å². The van der Waals surface area contributed by atoms with Crippen LogP contribution in [-0.4, -0.2) is 59.4 Å². The van der Waals surface area contributed by atoms with Gasteiger partial charge in [-0.1, -0.05) is 13.0 Å². The number of aliphatic hydroxyl groups excluding tert-OH is 1. The first kappa shape index (κ1) is 17.0. The van der Waals surface area contributed by atoms with Gasteiger partial charge in [0.2, 0.25) is 0 Å². The molecule has 6 heteroatoms. The minimum absolute atomic E-state index is 0.118. The zero-order valence-corrected chi connectivity index (χ0v) is 13.6. The van der Waals surface area contributed by atoms with Crippen molar-refractivity contribution in [3.8, 4) is 0 Å². The first-order chi connectivity index (χ1) is 10.4. The molecule has 6 nitrogen and oxygen atoms in total. The zero-order valence-electron chi connectivity index (χ0n) is 13.6. The van der Waals surface area contributed by atoms with Crippen LogP contribution in [0, 0.1) is 0 Å². The number of fused-ring (bicyclic) bond motifs is 2. The van der Waals surface area contributed by atoms with E-state index in [0.717, 1.165) is 0 Å². The predicted molar refractivity (Wildman–Crippen MR) is 80.1 cm³/mol. The minimum Gasteiger partial charge on any atom is -0.459 e. The molecule has 2 rings (SSSR count). The Hall–Kier alpha value is -1.40. The van der Waals surface area contributed by atoms with Gasteiger partial charge in [-0.2, -0.15) is 0 Å². The number of aliphatic hydroxyl groups is 1. The molecular formula is C16H25NO5. The molecule has 0 spiro atoms. The molecule has 5 unspecified atom stereocenters. The Labute approximate surface area is 131 Å². The highest BCUT2D eigenvalue weighted by Crippen LogP contribution is 2.38. The van der Waals surface area contributed by atoms with E-state index in [-0.39, 0.29) is 36.5 Å². The van der Waals surface area contributed by atoms with Crippen LogP contribution in [0.1, 0.15) is 40.0 Å². The van der Waals surface area contributed by atoms with Gasteiger partial charge in [-0.15, -0.1) is 0 Å². The number of esters is 2. The van der Waals surface area contributed by atoms with Crippen molar-refractivity contribution in [1.82, 2.24) is 4.90 Å². The van der Waals surface area contributed by atoms with Crippen LogP contribution < -0.4 is 0 Å². The summed E-state index contributed by atoms with van der Waals surface area (Å²) in [4.78, 5) is 25.5. The first-order valence-corrected chi connectivity index (χ1v) is 7.82. The lowest BCUT2D eigenvalue weighted by Gasteiger charge is -2.36. The molecule has 2 aliphatic heterocycles. The van der Waals surface area contributed by atoms with E-state index >= 15 is 0 Å². The van der Waals surface area contributed by atoms with Crippen molar-refractivity contribution in [2.45, 2.75) is 70.4 Å². The molecule has 0 radical (unpaired) electrons. The second-order valence-corrected chi connectivity index (χ2v) is 6.07. The van der Waals surface area contributed by atoms with Crippen molar-refractivity contribution >= 4 is 11.9 Å². The minimum atomic E-state index is -0.739. The maximum absolute atomic E-state index is 11.9. The summed E-state index contributed by atoms with van der Waals surface area (Å²) in [6, 6.07) is -0.273. The second kappa shape index (κ2) is 6.79. The number of likely N-dealkylation sites (N-methyl/N-ethyl adjacent to an activating group) is 1. The van der Waals surface area contributed by atoms with E-state index in [9.17, 15) is 14.7 Å². The van der Waals surface area contributed by atoms with Gasteiger partial charge in [0, 0.05) is 30.9 Å². The van der Waals surface area contributed by atoms with Crippen molar-refractivity contribution in [2.24, 2.45) is 0 Å². The van der Waals surface area contributed by atoms with E-state index in [2.05, 4.69) is 0 Å². The quantitative estimate of drug-likeness (QED) is 0.617. The Morgan fingerprint density at radius 2 is 1.91 bits per heavy atom. The highest BCUT2D eigenvalue weighted by molar-refractivity contribution is 5.87. The molecule has 2 fully saturated rings. The van der Waals surface area contributed by atoms with Crippen molar-refractivity contribution < 1.29 is 24.2 Å². The van der Waals surface area contributed by atoms with Gasteiger partial charge in [0.1, 0.15) is 18.3 Å². The number of allylic oxidation sites excluding steroid dienone is 1. The number of piperidine rings is 1. The van der Waals surface area contributed by atoms with Crippen LogP contribution in [0.5, 0.6) is 0 Å². The number of carbonyl (C=O) groups excluding carboxylic acids is 2. The van der Waals surface area contributed by atoms with Crippen molar-refractivity contribution in [2.75, 3.05) is 7.05 Å². The summed E-state index contributed by atoms with van der Waals surface area (Å²) in [6.07, 6.45) is 1.57. The largest absolute Gasteiger partial charge is 0.459 e. The van der Waals surface area contributed by atoms with E-state index in [1.165, 1.54) is 0 Å². The molecule has 0 aromatic heterocycles. The van der Waals surface area contributed by atoms with Gasteiger partial charge in [-0.25, -0.2) is 4.79 Å². The van der Waals surface area contributed by atoms with Gasteiger partial charge in [0.25, 0.3) is 0 Å². The zero-order chi connectivity index (χ0) is 16.4. The van der Waals surface area contributed by atoms with Crippen LogP contribution in [0.15, 0.2) is 11.6 Å². The Morgan fingerprint density at radius 3 is 2.50 bits per heavy atom. The topological polar surface area (TPSA) is 76.1 Å². The molecule has 5 atom stereocenters. The fourth-order valence-electron chi connectivity index (χ4n) is 3.25. The lowest BCUT2D eigenvalue weighted by molar-refractivity contribution is -0.155. The Bertz CT molecular complexity index is 475. The van der Waals surface area contributed by atoms with Gasteiger partial charge in [0.15, 0.2) is 0 Å². The molecule has 0 amide bonds. The van der Waals surface area contributed by atoms with Gasteiger partial charge in [-0.3, -0.25) is 9.69 Å². The third-order valence-corrected chi connectivity index (χ3v) is 4.75. The van der Waals surface area contributed by atoms with E-state index in [0.29, 0.717) is 18.4 Å². The predicted octanol–water partition coefficient (Wildman–Crippen LogP) is 1.02. The van der Waals surface area contributed by atoms with Crippen LogP contribution in [0.25, 0.3) is 0 Å². The van der Waals surface area contributed by atoms with Crippen LogP contribution >= 0.6 is 0 Å². The monoisotopic (exact) mass is 311 g/mol. The molecule has 0 aromatic rings. The Morgan fingerprint density at radius 1 is 1.27 bits per heavy atom. The highest BCUT2D eigenvalue weighted by Gasteiger charge is 2.53. The summed E-state index contributed by atoms with van der Waals surface area (Å²) < 4.78 is 10.9. The average Bonchev–Trinajstić information content (AvgIpc) is 2.64. The molecule has 124 valence electrons. The lowest BCUT2D eigenvalue weighted by Crippen LogP contribution is -2.46. The fourth-order valence-corrected chi connectivity index (χ4v) is 3.25. The number of carbonyl (C=O) groups is 2. The van der Waals surface area contributed by atoms with Gasteiger partial charge in [0.05, 0.1) is 6.04 Å². The summed E-state index contributed by atoms with van der Waals surface area (Å²) in [5.41, 5.74) is 0.570. The summed E-state index contributed by atoms with van der Waals surface area (Å²) in [6.45, 7) is 5.23. The van der Waals surface area contributed by atoms with Crippen LogP contribution in [0.2, 0.25) is 0 Å². The van der Waals surface area contributed by atoms with Crippen LogP contribution in [-0.2, 0) is 19.1 Å². The molecule has 2 aliphatic rings. The third kappa shape index (κ3) is 3.17. The van der Waals surface area contributed by atoms with Gasteiger partial charge in [-0.05, 0) is 20.9 Å². The van der Waals surface area contributed by atoms with E-state index < -0.39 is 12.2 Å². The van der Waals surface area contributed by atoms with E-state index in [1.807, 2.05) is 11.9 Å². The maximum atomic E-state index is 11.9. The normalized spacial score (nSPS) is 35.3. The van der Waals surface area contributed by atoms with Crippen molar-refractivity contribution in [3.63, 3.8) is 0 Å². The van der Waals surface area contributed by atoms with Gasteiger partial charge < -0.3 is 14.6 Å². The van der Waals surface area contributed by atoms with E-state index in [1.54, 1.807) is 26.8 Å². The summed E-state index contributed by atoms with van der Waals surface area (Å²) >= 11 is 0. The third-order valence-electron chi connectivity index (χ3n) is 4.75. The molecular weight excluding hydrogens is 286 g/mol. The maximum Gasteiger partial charge on any atom is 0.333 e. The summed E-state index contributed by atoms with van der Waals surface area (Å²) in [7, 11) is 1.91. The highest BCUT2D eigenvalue weighted by atomic mass is 16.6. The molecule has 2 heterocycles. The van der Waals surface area contributed by atoms with Crippen molar-refractivity contribution in [3.05, 3.63) is 11.6 Å². The molecule has 0 aromatic carbocycles. The summed E-state index contributed by atoms with van der Waals surface area (Å²) in [5, 5.41) is 10.4. The van der Waals surface area contributed by atoms with E-state index in [4.69, 9.17) is 9.47 Å². The Balaban J connectivity index is 2.06. The molecule has 1 N–H and O–H groups in total. The molecule has 2 saturated heterocycles. The number of nitrogens with zero attached hydrogens (tertiary/aromatic N) is 1. The standard InChI is InChI=1S/C16H25NO5/c1-5-9(3)16(20)21-10-7-11-14(19)15(22-13(18)6-2)12(8-10)17(11)4/h5,10-12,14-15,19H,6-8H2,1-4H3. The Kier molecular flexibility index (Phi) is 5.24. The second-order valence-electron chi connectivity index (χ2n) is 6.07. The van der Waals surface area contributed by atoms with Crippen LogP contribution in [0.3, 0.4) is 0 Å². The SMILES string of the molecule is CC=C(C)C(=O)OC1CC2C(O)C(OC(=O)CC)C(C1)N2C. The lowest BCUT2D eigenvalue weighted by atomic mass is 10.00. The molecule has 2 bridgehead atoms. The number of hydrogen-bond acceptors (Lipinski definition) is 6. The molecule has 22 heavy (non-hydrogen) atoms. The smallest absolute Gasteiger partial charge is 0.333 e. The van der Waals surface area contributed by atoms with Crippen molar-refractivity contribution in [1.29, 1.82) is 0 Å². The van der Waals surface area contributed by atoms with Crippen LogP contribution in [0.4, 0.5) is 0 Å². The fraction of sp³-hybridized carbons (Fsp3) is 0.750. The molecule has 0 aliphatic carbocycles. The number of ether oxygens (including phenoxy) is 2. The number of rotatable bonds is 4. The summed E-state index contributed by atoms with van der Waals surface area (Å²) in [5.74, 6) is -0.642.